The zero-order valence-corrected chi connectivity index (χ0v) is 32.5. The lowest BCUT2D eigenvalue weighted by Crippen LogP contribution is -2.09. The van der Waals surface area contributed by atoms with Crippen molar-refractivity contribution in [2.24, 2.45) is 0 Å². The summed E-state index contributed by atoms with van der Waals surface area (Å²) >= 11 is 0. The Morgan fingerprint density at radius 1 is 0.241 bits per heavy atom. The highest BCUT2D eigenvalue weighted by Gasteiger charge is 2.17. The van der Waals surface area contributed by atoms with Crippen LogP contribution in [0.25, 0.3) is 64.6 Å². The summed E-state index contributed by atoms with van der Waals surface area (Å²) < 4.78 is 0. The fourth-order valence-electron chi connectivity index (χ4n) is 9.36. The van der Waals surface area contributed by atoms with E-state index >= 15 is 0 Å². The Bertz CT molecular complexity index is 3030. The van der Waals surface area contributed by atoms with Gasteiger partial charge in [-0.25, -0.2) is 0 Å². The van der Waals surface area contributed by atoms with E-state index in [1.165, 1.54) is 75.8 Å². The summed E-state index contributed by atoms with van der Waals surface area (Å²) in [7, 11) is 0. The predicted molar refractivity (Wildman–Crippen MR) is 250 cm³/mol. The lowest BCUT2D eigenvalue weighted by molar-refractivity contribution is 1.29. The van der Waals surface area contributed by atoms with Gasteiger partial charge in [-0.05, 0) is 175 Å². The summed E-state index contributed by atoms with van der Waals surface area (Å²) in [5, 5.41) is 15.4. The van der Waals surface area contributed by atoms with Gasteiger partial charge in [0.05, 0.1) is 0 Å². The number of aryl methyl sites for hydroxylation is 2. The van der Waals surface area contributed by atoms with Gasteiger partial charge in [-0.15, -0.1) is 0 Å². The van der Waals surface area contributed by atoms with Gasteiger partial charge in [0, 0.05) is 34.1 Å². The number of nitrogens with zero attached hydrogens (tertiary/aromatic N) is 2. The third-order valence-electron chi connectivity index (χ3n) is 11.9. The lowest BCUT2D eigenvalue weighted by atomic mass is 9.89. The van der Waals surface area contributed by atoms with E-state index in [1.807, 2.05) is 0 Å². The van der Waals surface area contributed by atoms with Crippen molar-refractivity contribution in [2.75, 3.05) is 9.80 Å². The average Bonchev–Trinajstić information content (AvgIpc) is 3.27. The predicted octanol–water partition coefficient (Wildman–Crippen LogP) is 16.2. The Hall–Kier alpha value is -7.42. The number of benzene rings is 11. The molecular formula is C56H40N2. The molecule has 11 aromatic carbocycles. The highest BCUT2D eigenvalue weighted by Crippen LogP contribution is 2.43. The minimum atomic E-state index is 1.14. The van der Waals surface area contributed by atoms with Crippen LogP contribution in [-0.4, -0.2) is 0 Å². The number of rotatable bonds is 6. The third-order valence-corrected chi connectivity index (χ3v) is 11.9. The van der Waals surface area contributed by atoms with Crippen molar-refractivity contribution in [1.29, 1.82) is 0 Å². The molecule has 0 atom stereocenters. The third kappa shape index (κ3) is 5.56. The van der Waals surface area contributed by atoms with Gasteiger partial charge in [0.15, 0.2) is 0 Å². The molecule has 0 aliphatic carbocycles. The van der Waals surface area contributed by atoms with E-state index in [-0.39, 0.29) is 0 Å². The zero-order valence-electron chi connectivity index (χ0n) is 32.5. The first-order chi connectivity index (χ1) is 28.6. The van der Waals surface area contributed by atoms with Crippen molar-refractivity contribution in [3.8, 4) is 0 Å². The van der Waals surface area contributed by atoms with Crippen LogP contribution in [0.4, 0.5) is 34.1 Å². The molecule has 0 amide bonds. The van der Waals surface area contributed by atoms with Gasteiger partial charge in [0.2, 0.25) is 0 Å². The van der Waals surface area contributed by atoms with E-state index in [1.54, 1.807) is 0 Å². The molecule has 0 aliphatic heterocycles. The zero-order chi connectivity index (χ0) is 38.7. The fourth-order valence-corrected chi connectivity index (χ4v) is 9.36. The van der Waals surface area contributed by atoms with Crippen molar-refractivity contribution in [3.63, 3.8) is 0 Å². The van der Waals surface area contributed by atoms with E-state index in [9.17, 15) is 0 Å². The molecule has 0 saturated heterocycles. The molecule has 58 heavy (non-hydrogen) atoms. The van der Waals surface area contributed by atoms with Gasteiger partial charge >= 0.3 is 0 Å². The summed E-state index contributed by atoms with van der Waals surface area (Å²) in [6.07, 6.45) is 0. The van der Waals surface area contributed by atoms with Gasteiger partial charge in [-0.1, -0.05) is 121 Å². The monoisotopic (exact) mass is 740 g/mol. The quantitative estimate of drug-likeness (QED) is 0.124. The maximum Gasteiger partial charge on any atom is 0.0468 e. The number of para-hydroxylation sites is 4. The van der Waals surface area contributed by atoms with E-state index in [2.05, 4.69) is 230 Å². The van der Waals surface area contributed by atoms with Crippen LogP contribution < -0.4 is 9.80 Å². The van der Waals surface area contributed by atoms with E-state index in [0.29, 0.717) is 0 Å². The van der Waals surface area contributed by atoms with Crippen LogP contribution >= 0.6 is 0 Å². The first-order valence-electron chi connectivity index (χ1n) is 20.1. The molecule has 2 nitrogen and oxygen atoms in total. The standard InChI is InChI=1S/C56H40N2/c1-37-31-41-35-54-42(32-38(2)56-50-30-26-48(34-40(50)24-28-52(54)56)58(45-19-11-5-12-20-45)46-21-13-6-14-22-46)36-53(41)51-27-23-39-33-47(25-29-49(39)55(37)51)57(43-15-7-3-8-16-43)44-17-9-4-10-18-44/h3-36H,1-2H3. The first-order valence-corrected chi connectivity index (χ1v) is 20.1. The van der Waals surface area contributed by atoms with Gasteiger partial charge in [-0.2, -0.15) is 0 Å². The molecule has 0 N–H and O–H groups in total. The molecule has 2 heteroatoms. The van der Waals surface area contributed by atoms with E-state index in [4.69, 9.17) is 0 Å². The van der Waals surface area contributed by atoms with Crippen LogP contribution in [0.5, 0.6) is 0 Å². The molecule has 274 valence electrons. The first kappa shape index (κ1) is 33.9. The van der Waals surface area contributed by atoms with Crippen molar-refractivity contribution in [3.05, 3.63) is 217 Å². The van der Waals surface area contributed by atoms with Gasteiger partial charge in [0.25, 0.3) is 0 Å². The van der Waals surface area contributed by atoms with Crippen LogP contribution in [0.2, 0.25) is 0 Å². The molecule has 0 heterocycles. The Kier molecular flexibility index (Phi) is 7.97. The molecule has 0 saturated carbocycles. The van der Waals surface area contributed by atoms with Crippen molar-refractivity contribution in [2.45, 2.75) is 13.8 Å². The maximum atomic E-state index is 2.43. The SMILES string of the molecule is Cc1cc2cc3c(cc(C)c4c5ccc(N(c6ccccc6)c6ccccc6)cc5ccc34)cc2c2ccc3cc(N(c4ccccc4)c4ccccc4)ccc3c12. The van der Waals surface area contributed by atoms with Crippen LogP contribution in [0, 0.1) is 13.8 Å². The van der Waals surface area contributed by atoms with Crippen molar-refractivity contribution in [1.82, 2.24) is 0 Å². The minimum Gasteiger partial charge on any atom is -0.310 e. The highest BCUT2D eigenvalue weighted by atomic mass is 15.1. The molecule has 0 spiro atoms. The molecular weight excluding hydrogens is 701 g/mol. The average molecular weight is 741 g/mol. The van der Waals surface area contributed by atoms with E-state index in [0.717, 1.165) is 34.1 Å². The Balaban J connectivity index is 1.04. The summed E-state index contributed by atoms with van der Waals surface area (Å²) in [4.78, 5) is 4.67. The topological polar surface area (TPSA) is 6.48 Å². The van der Waals surface area contributed by atoms with Crippen LogP contribution in [0.3, 0.4) is 0 Å². The molecule has 0 aromatic heterocycles. The lowest BCUT2D eigenvalue weighted by Gasteiger charge is -2.26. The molecule has 0 radical (unpaired) electrons. The second kappa shape index (κ2) is 13.7. The molecule has 0 aliphatic rings. The molecule has 0 fully saturated rings. The summed E-state index contributed by atoms with van der Waals surface area (Å²) in [6.45, 7) is 4.54. The fraction of sp³-hybridized carbons (Fsp3) is 0.0357. The molecule has 11 rings (SSSR count). The Morgan fingerprint density at radius 2 is 0.569 bits per heavy atom. The number of hydrogen-bond acceptors (Lipinski definition) is 2. The highest BCUT2D eigenvalue weighted by molar-refractivity contribution is 6.25. The second-order valence-electron chi connectivity index (χ2n) is 15.5. The number of anilines is 6. The minimum absolute atomic E-state index is 1.14. The Labute approximate surface area is 338 Å². The van der Waals surface area contributed by atoms with Gasteiger partial charge in [0.1, 0.15) is 0 Å². The van der Waals surface area contributed by atoms with E-state index < -0.39 is 0 Å². The van der Waals surface area contributed by atoms with Gasteiger partial charge < -0.3 is 9.80 Å². The number of hydrogen-bond donors (Lipinski definition) is 0. The molecule has 0 unspecified atom stereocenters. The summed E-state index contributed by atoms with van der Waals surface area (Å²) in [5.41, 5.74) is 9.43. The maximum absolute atomic E-state index is 2.43. The molecule has 11 aromatic rings. The van der Waals surface area contributed by atoms with Crippen molar-refractivity contribution >= 4 is 98.8 Å². The van der Waals surface area contributed by atoms with Crippen LogP contribution in [0.1, 0.15) is 11.1 Å². The number of fused-ring (bicyclic) bond motifs is 10. The van der Waals surface area contributed by atoms with Gasteiger partial charge in [-0.3, -0.25) is 0 Å². The Morgan fingerprint density at radius 3 is 0.914 bits per heavy atom. The summed E-state index contributed by atoms with van der Waals surface area (Å²) in [6, 6.07) is 75.3. The second-order valence-corrected chi connectivity index (χ2v) is 15.5. The summed E-state index contributed by atoms with van der Waals surface area (Å²) in [5.74, 6) is 0. The normalized spacial score (nSPS) is 11.6. The largest absolute Gasteiger partial charge is 0.310 e. The molecule has 0 bridgehead atoms. The smallest absolute Gasteiger partial charge is 0.0468 e. The van der Waals surface area contributed by atoms with Crippen molar-refractivity contribution < 1.29 is 0 Å². The van der Waals surface area contributed by atoms with Crippen LogP contribution in [0.15, 0.2) is 206 Å². The van der Waals surface area contributed by atoms with Crippen LogP contribution in [-0.2, 0) is 0 Å².